The molecule has 0 aliphatic heterocycles. The zero-order chi connectivity index (χ0) is 13.5. The number of fused-ring (bicyclic) bond motifs is 1. The Balaban J connectivity index is 1.72. The van der Waals surface area contributed by atoms with E-state index in [9.17, 15) is 4.79 Å². The molecule has 2 N–H and O–H groups in total. The number of rotatable bonds is 7. The number of unbranched alkanes of at least 4 members (excludes halogenated alkanes) is 3. The zero-order valence-electron chi connectivity index (χ0n) is 11.4. The highest BCUT2D eigenvalue weighted by Gasteiger charge is 2.16. The molecule has 2 rings (SSSR count). The van der Waals surface area contributed by atoms with Crippen LogP contribution in [0.15, 0.2) is 6.07 Å². The lowest BCUT2D eigenvalue weighted by atomic mass is 9.99. The molecule has 0 unspecified atom stereocenters. The molecule has 0 radical (unpaired) electrons. The van der Waals surface area contributed by atoms with E-state index in [1.807, 2.05) is 0 Å². The van der Waals surface area contributed by atoms with Gasteiger partial charge in [-0.15, -0.1) is 11.3 Å². The number of carbonyl (C=O) groups excluding carboxylic acids is 1. The highest BCUT2D eigenvalue weighted by Crippen LogP contribution is 2.29. The third-order valence-corrected chi connectivity index (χ3v) is 4.83. The number of aliphatic hydroxyl groups excluding tert-OH is 1. The average Bonchev–Trinajstić information content (AvgIpc) is 2.86. The van der Waals surface area contributed by atoms with E-state index in [0.717, 1.165) is 49.9 Å². The molecule has 4 heteroatoms. The summed E-state index contributed by atoms with van der Waals surface area (Å²) in [6, 6.07) is 2.08. The molecule has 0 atom stereocenters. The first kappa shape index (κ1) is 14.5. The van der Waals surface area contributed by atoms with E-state index < -0.39 is 0 Å². The predicted molar refractivity (Wildman–Crippen MR) is 78.8 cm³/mol. The minimum atomic E-state index is 0.0848. The second-order valence-electron chi connectivity index (χ2n) is 5.16. The molecule has 1 aromatic heterocycles. The number of nitrogens with one attached hydrogen (secondary N) is 1. The van der Waals surface area contributed by atoms with Crippen molar-refractivity contribution < 1.29 is 9.90 Å². The summed E-state index contributed by atoms with van der Waals surface area (Å²) < 4.78 is 0. The van der Waals surface area contributed by atoms with Gasteiger partial charge in [-0.25, -0.2) is 0 Å². The molecule has 0 fully saturated rings. The van der Waals surface area contributed by atoms with Crippen molar-refractivity contribution in [2.24, 2.45) is 0 Å². The number of amides is 1. The lowest BCUT2D eigenvalue weighted by Crippen LogP contribution is -2.23. The van der Waals surface area contributed by atoms with Gasteiger partial charge in [-0.1, -0.05) is 12.8 Å². The van der Waals surface area contributed by atoms with Gasteiger partial charge in [0.1, 0.15) is 0 Å². The van der Waals surface area contributed by atoms with Crippen molar-refractivity contribution in [2.75, 3.05) is 13.2 Å². The summed E-state index contributed by atoms with van der Waals surface area (Å²) in [4.78, 5) is 14.3. The Labute approximate surface area is 119 Å². The maximum absolute atomic E-state index is 12.0. The van der Waals surface area contributed by atoms with Gasteiger partial charge in [0.25, 0.3) is 5.91 Å². The van der Waals surface area contributed by atoms with Crippen LogP contribution in [0.1, 0.15) is 58.6 Å². The maximum Gasteiger partial charge on any atom is 0.261 e. The van der Waals surface area contributed by atoms with Gasteiger partial charge >= 0.3 is 0 Å². The van der Waals surface area contributed by atoms with E-state index >= 15 is 0 Å². The minimum Gasteiger partial charge on any atom is -0.396 e. The molecule has 19 heavy (non-hydrogen) atoms. The summed E-state index contributed by atoms with van der Waals surface area (Å²) in [5.41, 5.74) is 1.39. The SMILES string of the molecule is O=C(NCCCCCCO)c1cc2c(s1)CCCC2. The smallest absolute Gasteiger partial charge is 0.261 e. The van der Waals surface area contributed by atoms with Crippen LogP contribution in [0.4, 0.5) is 0 Å². The molecule has 0 saturated carbocycles. The van der Waals surface area contributed by atoms with Crippen molar-refractivity contribution in [3.05, 3.63) is 21.4 Å². The second kappa shape index (κ2) is 7.65. The number of aliphatic hydroxyl groups is 1. The van der Waals surface area contributed by atoms with Crippen LogP contribution in [0.5, 0.6) is 0 Å². The van der Waals surface area contributed by atoms with Gasteiger partial charge in [-0.05, 0) is 50.2 Å². The predicted octanol–water partition coefficient (Wildman–Crippen LogP) is 2.91. The Morgan fingerprint density at radius 3 is 2.79 bits per heavy atom. The van der Waals surface area contributed by atoms with Crippen molar-refractivity contribution in [2.45, 2.75) is 51.4 Å². The molecule has 0 bridgehead atoms. The van der Waals surface area contributed by atoms with Gasteiger partial charge < -0.3 is 10.4 Å². The van der Waals surface area contributed by atoms with Crippen LogP contribution in [0.25, 0.3) is 0 Å². The van der Waals surface area contributed by atoms with E-state index in [1.165, 1.54) is 23.3 Å². The molecule has 106 valence electrons. The highest BCUT2D eigenvalue weighted by molar-refractivity contribution is 7.14. The highest BCUT2D eigenvalue weighted by atomic mass is 32.1. The standard InChI is InChI=1S/C15H23NO2S/c17-10-6-2-1-5-9-16-15(18)14-11-12-7-3-4-8-13(12)19-14/h11,17H,1-10H2,(H,16,18). The first-order valence-corrected chi connectivity index (χ1v) is 8.13. The molecule has 1 aliphatic carbocycles. The van der Waals surface area contributed by atoms with Crippen LogP contribution in [0.3, 0.4) is 0 Å². The summed E-state index contributed by atoms with van der Waals surface area (Å²) in [7, 11) is 0. The van der Waals surface area contributed by atoms with Gasteiger partial charge in [-0.3, -0.25) is 4.79 Å². The minimum absolute atomic E-state index is 0.0848. The second-order valence-corrected chi connectivity index (χ2v) is 6.30. The Morgan fingerprint density at radius 2 is 2.00 bits per heavy atom. The zero-order valence-corrected chi connectivity index (χ0v) is 12.2. The summed E-state index contributed by atoms with van der Waals surface area (Å²) in [6.45, 7) is 1.01. The molecule has 1 aromatic rings. The van der Waals surface area contributed by atoms with Gasteiger partial charge in [-0.2, -0.15) is 0 Å². The van der Waals surface area contributed by atoms with E-state index in [1.54, 1.807) is 11.3 Å². The van der Waals surface area contributed by atoms with Crippen molar-refractivity contribution >= 4 is 17.2 Å². The van der Waals surface area contributed by atoms with Gasteiger partial charge in [0.2, 0.25) is 0 Å². The molecule has 1 amide bonds. The van der Waals surface area contributed by atoms with Gasteiger partial charge in [0.05, 0.1) is 4.88 Å². The van der Waals surface area contributed by atoms with E-state index in [4.69, 9.17) is 5.11 Å². The number of aryl methyl sites for hydroxylation is 2. The molecular formula is C15H23NO2S. The Bertz CT molecular complexity index is 391. The lowest BCUT2D eigenvalue weighted by Gasteiger charge is -2.08. The third-order valence-electron chi connectivity index (χ3n) is 3.59. The first-order valence-electron chi connectivity index (χ1n) is 7.32. The average molecular weight is 281 g/mol. The number of thiophene rings is 1. The molecule has 1 aliphatic rings. The summed E-state index contributed by atoms with van der Waals surface area (Å²) in [5, 5.41) is 11.7. The normalized spacial score (nSPS) is 14.2. The molecule has 0 saturated heterocycles. The van der Waals surface area contributed by atoms with Crippen molar-refractivity contribution in [1.29, 1.82) is 0 Å². The van der Waals surface area contributed by atoms with Crippen LogP contribution in [0, 0.1) is 0 Å². The van der Waals surface area contributed by atoms with Crippen LogP contribution in [-0.4, -0.2) is 24.2 Å². The van der Waals surface area contributed by atoms with E-state index in [2.05, 4.69) is 11.4 Å². The summed E-state index contributed by atoms with van der Waals surface area (Å²) in [5.74, 6) is 0.0848. The molecule has 0 spiro atoms. The summed E-state index contributed by atoms with van der Waals surface area (Å²) >= 11 is 1.67. The van der Waals surface area contributed by atoms with Crippen molar-refractivity contribution in [3.8, 4) is 0 Å². The number of hydrogen-bond donors (Lipinski definition) is 2. The lowest BCUT2D eigenvalue weighted by molar-refractivity contribution is 0.0957. The molecule has 0 aromatic carbocycles. The Kier molecular flexibility index (Phi) is 5.86. The Hall–Kier alpha value is -0.870. The number of carbonyl (C=O) groups is 1. The van der Waals surface area contributed by atoms with Gasteiger partial charge in [0.15, 0.2) is 0 Å². The largest absolute Gasteiger partial charge is 0.396 e. The van der Waals surface area contributed by atoms with Crippen molar-refractivity contribution in [3.63, 3.8) is 0 Å². The van der Waals surface area contributed by atoms with E-state index in [-0.39, 0.29) is 12.5 Å². The van der Waals surface area contributed by atoms with E-state index in [0.29, 0.717) is 0 Å². The van der Waals surface area contributed by atoms with Crippen LogP contribution < -0.4 is 5.32 Å². The van der Waals surface area contributed by atoms with Gasteiger partial charge in [0, 0.05) is 18.0 Å². The molecule has 3 nitrogen and oxygen atoms in total. The third kappa shape index (κ3) is 4.32. The van der Waals surface area contributed by atoms with Crippen LogP contribution >= 0.6 is 11.3 Å². The fourth-order valence-electron chi connectivity index (χ4n) is 2.48. The van der Waals surface area contributed by atoms with Crippen LogP contribution in [-0.2, 0) is 12.8 Å². The Morgan fingerprint density at radius 1 is 1.21 bits per heavy atom. The fourth-order valence-corrected chi connectivity index (χ4v) is 3.65. The maximum atomic E-state index is 12.0. The fraction of sp³-hybridized carbons (Fsp3) is 0.667. The topological polar surface area (TPSA) is 49.3 Å². The molecule has 1 heterocycles. The summed E-state index contributed by atoms with van der Waals surface area (Å²) in [6.07, 6.45) is 8.79. The molecular weight excluding hydrogens is 258 g/mol. The number of hydrogen-bond acceptors (Lipinski definition) is 3. The first-order chi connectivity index (χ1) is 9.31. The van der Waals surface area contributed by atoms with Crippen LogP contribution in [0.2, 0.25) is 0 Å². The quantitative estimate of drug-likeness (QED) is 0.755. The monoisotopic (exact) mass is 281 g/mol. The van der Waals surface area contributed by atoms with Crippen molar-refractivity contribution in [1.82, 2.24) is 5.32 Å².